The van der Waals surface area contributed by atoms with Gasteiger partial charge in [0, 0.05) is 6.54 Å². The third kappa shape index (κ3) is 7.00. The van der Waals surface area contributed by atoms with Crippen molar-refractivity contribution in [2.24, 2.45) is 0 Å². The van der Waals surface area contributed by atoms with E-state index in [1.54, 1.807) is 9.58 Å². The van der Waals surface area contributed by atoms with E-state index in [0.29, 0.717) is 43.4 Å². The summed E-state index contributed by atoms with van der Waals surface area (Å²) in [5.74, 6) is 0.759. The third-order valence-electron chi connectivity index (χ3n) is 7.92. The van der Waals surface area contributed by atoms with Gasteiger partial charge < -0.3 is 29.5 Å². The molecule has 1 fully saturated rings. The Labute approximate surface area is 258 Å². The molecule has 1 saturated heterocycles. The normalized spacial score (nSPS) is 21.2. The summed E-state index contributed by atoms with van der Waals surface area (Å²) in [6.45, 7) is 12.8. The highest BCUT2D eigenvalue weighted by atomic mass is 16.6. The molecule has 1 aromatic heterocycles. The fourth-order valence-electron chi connectivity index (χ4n) is 5.80. The zero-order valence-corrected chi connectivity index (χ0v) is 26.3. The molecule has 2 aromatic carbocycles. The lowest BCUT2D eigenvalue weighted by atomic mass is 9.70. The summed E-state index contributed by atoms with van der Waals surface area (Å²) in [6.07, 6.45) is -1.00. The number of morpholine rings is 1. The largest absolute Gasteiger partial charge is 0.474 e. The first-order valence-corrected chi connectivity index (χ1v) is 15.0. The van der Waals surface area contributed by atoms with Crippen LogP contribution in [0.25, 0.3) is 5.69 Å². The number of benzene rings is 2. The average molecular weight is 606 g/mol. The molecule has 3 N–H and O–H groups in total. The number of para-hydroxylation sites is 1. The Morgan fingerprint density at radius 2 is 1.82 bits per heavy atom. The van der Waals surface area contributed by atoms with Crippen LogP contribution in [0.2, 0.25) is 0 Å². The average Bonchev–Trinajstić information content (AvgIpc) is 3.28. The molecule has 1 aliphatic carbocycles. The summed E-state index contributed by atoms with van der Waals surface area (Å²) in [7, 11) is 0. The van der Waals surface area contributed by atoms with E-state index < -0.39 is 23.8 Å². The van der Waals surface area contributed by atoms with Gasteiger partial charge in [0.2, 0.25) is 5.88 Å². The van der Waals surface area contributed by atoms with Gasteiger partial charge in [-0.25, -0.2) is 14.3 Å². The van der Waals surface area contributed by atoms with E-state index in [1.165, 1.54) is 0 Å². The van der Waals surface area contributed by atoms with Gasteiger partial charge in [-0.15, -0.1) is 5.10 Å². The number of ether oxygens (including phenoxy) is 3. The molecule has 3 amide bonds. The zero-order chi connectivity index (χ0) is 31.6. The van der Waals surface area contributed by atoms with Crippen LogP contribution in [-0.2, 0) is 14.9 Å². The van der Waals surface area contributed by atoms with Crippen molar-refractivity contribution in [3.8, 4) is 11.6 Å². The molecule has 0 saturated carbocycles. The molecule has 236 valence electrons. The van der Waals surface area contributed by atoms with E-state index in [-0.39, 0.29) is 24.2 Å². The number of carbonyl (C=O) groups excluding carboxylic acids is 2. The van der Waals surface area contributed by atoms with Crippen LogP contribution in [0.4, 0.5) is 15.4 Å². The standard InChI is InChI=1S/C33H43N5O6/c1-21-28(35-30(40)34-27-24-14-10-11-15-25(24)33(5,6)18-26(27)39)38(22-12-8-7-9-13-22)36-29(21)43-20-23-19-37(16-17-42-23)31(41)44-32(2,3)4/h7-15,23,26-27,39H,16-20H2,1-6H3,(H2,34,35,40)/t23-,26-,27-/m1/s1. The van der Waals surface area contributed by atoms with E-state index >= 15 is 0 Å². The van der Waals surface area contributed by atoms with Crippen molar-refractivity contribution in [2.45, 2.75) is 77.2 Å². The van der Waals surface area contributed by atoms with Crippen LogP contribution in [0, 0.1) is 6.92 Å². The Morgan fingerprint density at radius 1 is 1.11 bits per heavy atom. The number of rotatable bonds is 6. The number of anilines is 1. The summed E-state index contributed by atoms with van der Waals surface area (Å²) in [6, 6.07) is 16.3. The number of aromatic nitrogens is 2. The Hall–Kier alpha value is -4.09. The Bertz CT molecular complexity index is 1480. The first kappa shape index (κ1) is 31.3. The minimum absolute atomic E-state index is 0.151. The van der Waals surface area contributed by atoms with Gasteiger partial charge in [0.25, 0.3) is 0 Å². The quantitative estimate of drug-likeness (QED) is 0.357. The summed E-state index contributed by atoms with van der Waals surface area (Å²) in [4.78, 5) is 27.7. The highest BCUT2D eigenvalue weighted by Crippen LogP contribution is 2.41. The van der Waals surface area contributed by atoms with Gasteiger partial charge in [0.15, 0.2) is 0 Å². The van der Waals surface area contributed by atoms with Crippen molar-refractivity contribution in [3.63, 3.8) is 0 Å². The molecule has 0 unspecified atom stereocenters. The van der Waals surface area contributed by atoms with Crippen LogP contribution in [-0.4, -0.2) is 76.0 Å². The van der Waals surface area contributed by atoms with Crippen LogP contribution in [0.15, 0.2) is 54.6 Å². The summed E-state index contributed by atoms with van der Waals surface area (Å²) >= 11 is 0. The second-order valence-corrected chi connectivity index (χ2v) is 13.1. The van der Waals surface area contributed by atoms with Crippen LogP contribution in [0.5, 0.6) is 5.88 Å². The van der Waals surface area contributed by atoms with Gasteiger partial charge in [0.05, 0.1) is 36.5 Å². The van der Waals surface area contributed by atoms with Gasteiger partial charge in [-0.1, -0.05) is 56.3 Å². The highest BCUT2D eigenvalue weighted by Gasteiger charge is 2.39. The number of nitrogens with one attached hydrogen (secondary N) is 2. The number of nitrogens with zero attached hydrogens (tertiary/aromatic N) is 3. The molecule has 2 heterocycles. The van der Waals surface area contributed by atoms with Crippen molar-refractivity contribution >= 4 is 17.9 Å². The monoisotopic (exact) mass is 605 g/mol. The molecule has 0 bridgehead atoms. The molecule has 44 heavy (non-hydrogen) atoms. The smallest absolute Gasteiger partial charge is 0.410 e. The Balaban J connectivity index is 1.32. The van der Waals surface area contributed by atoms with Crippen molar-refractivity contribution in [3.05, 3.63) is 71.3 Å². The minimum Gasteiger partial charge on any atom is -0.474 e. The van der Waals surface area contributed by atoms with Crippen molar-refractivity contribution in [2.75, 3.05) is 31.6 Å². The van der Waals surface area contributed by atoms with Crippen molar-refractivity contribution in [1.82, 2.24) is 20.0 Å². The lowest BCUT2D eigenvalue weighted by Crippen LogP contribution is -2.49. The van der Waals surface area contributed by atoms with Gasteiger partial charge in [-0.2, -0.15) is 0 Å². The zero-order valence-electron chi connectivity index (χ0n) is 26.3. The van der Waals surface area contributed by atoms with E-state index in [1.807, 2.05) is 76.2 Å². The van der Waals surface area contributed by atoms with E-state index in [2.05, 4.69) is 35.6 Å². The first-order chi connectivity index (χ1) is 20.8. The van der Waals surface area contributed by atoms with Crippen LogP contribution < -0.4 is 15.4 Å². The first-order valence-electron chi connectivity index (χ1n) is 15.0. The number of aliphatic hydroxyl groups is 1. The Kier molecular flexibility index (Phi) is 8.90. The number of urea groups is 1. The number of amides is 3. The molecule has 3 aromatic rings. The van der Waals surface area contributed by atoms with Crippen molar-refractivity contribution < 1.29 is 28.9 Å². The summed E-state index contributed by atoms with van der Waals surface area (Å²) in [5, 5.41) is 21.7. The van der Waals surface area contributed by atoms with E-state index in [4.69, 9.17) is 14.2 Å². The van der Waals surface area contributed by atoms with Gasteiger partial charge in [0.1, 0.15) is 24.1 Å². The summed E-state index contributed by atoms with van der Waals surface area (Å²) in [5.41, 5.74) is 2.55. The van der Waals surface area contributed by atoms with Crippen LogP contribution in [0.1, 0.15) is 63.8 Å². The fraction of sp³-hybridized carbons (Fsp3) is 0.485. The van der Waals surface area contributed by atoms with Gasteiger partial charge in [-0.3, -0.25) is 5.32 Å². The number of carbonyl (C=O) groups is 2. The maximum atomic E-state index is 13.5. The molecule has 0 spiro atoms. The molecule has 2 aliphatic rings. The number of hydrogen-bond donors (Lipinski definition) is 3. The third-order valence-corrected chi connectivity index (χ3v) is 7.92. The fourth-order valence-corrected chi connectivity index (χ4v) is 5.80. The highest BCUT2D eigenvalue weighted by molar-refractivity contribution is 5.90. The number of hydrogen-bond acceptors (Lipinski definition) is 7. The predicted molar refractivity (Wildman–Crippen MR) is 166 cm³/mol. The molecule has 11 heteroatoms. The molecule has 1 aliphatic heterocycles. The topological polar surface area (TPSA) is 127 Å². The van der Waals surface area contributed by atoms with Crippen LogP contribution in [0.3, 0.4) is 0 Å². The molecule has 5 rings (SSSR count). The maximum Gasteiger partial charge on any atom is 0.410 e. The van der Waals surface area contributed by atoms with Crippen LogP contribution >= 0.6 is 0 Å². The molecule has 0 radical (unpaired) electrons. The Morgan fingerprint density at radius 3 is 2.55 bits per heavy atom. The lowest BCUT2D eigenvalue weighted by Gasteiger charge is -2.40. The predicted octanol–water partition coefficient (Wildman–Crippen LogP) is 5.10. The van der Waals surface area contributed by atoms with Crippen molar-refractivity contribution in [1.29, 1.82) is 0 Å². The number of fused-ring (bicyclic) bond motifs is 1. The van der Waals surface area contributed by atoms with E-state index in [9.17, 15) is 14.7 Å². The summed E-state index contributed by atoms with van der Waals surface area (Å²) < 4.78 is 19.1. The molecule has 11 nitrogen and oxygen atoms in total. The minimum atomic E-state index is -0.750. The molecule has 3 atom stereocenters. The maximum absolute atomic E-state index is 13.5. The SMILES string of the molecule is Cc1c(OC[C@H]2CN(C(=O)OC(C)(C)C)CCO2)nn(-c2ccccc2)c1NC(=O)N[C@@H]1c2ccccc2C(C)(C)C[C@H]1O. The van der Waals surface area contributed by atoms with E-state index in [0.717, 1.165) is 16.8 Å². The van der Waals surface area contributed by atoms with Gasteiger partial charge in [-0.05, 0) is 62.8 Å². The second-order valence-electron chi connectivity index (χ2n) is 13.1. The molecular formula is C33H43N5O6. The van der Waals surface area contributed by atoms with Gasteiger partial charge >= 0.3 is 12.1 Å². The lowest BCUT2D eigenvalue weighted by molar-refractivity contribution is -0.0562. The second kappa shape index (κ2) is 12.5. The molecular weight excluding hydrogens is 562 g/mol. The number of aliphatic hydroxyl groups excluding tert-OH is 1.